The van der Waals surface area contributed by atoms with Crippen LogP contribution in [-0.2, 0) is 14.9 Å². The lowest BCUT2D eigenvalue weighted by molar-refractivity contribution is -0.141. The van der Waals surface area contributed by atoms with E-state index in [0.717, 1.165) is 5.56 Å². The fraction of sp³-hybridized carbons (Fsp3) is 0.438. The van der Waals surface area contributed by atoms with E-state index in [1.165, 1.54) is 5.56 Å². The number of carbonyl (C=O) groups is 1. The van der Waals surface area contributed by atoms with E-state index in [-0.39, 0.29) is 18.0 Å². The summed E-state index contributed by atoms with van der Waals surface area (Å²) >= 11 is 0. The first kappa shape index (κ1) is 14.3. The summed E-state index contributed by atoms with van der Waals surface area (Å²) in [6.45, 7) is 8.46. The van der Waals surface area contributed by atoms with Gasteiger partial charge >= 0.3 is 5.97 Å². The van der Waals surface area contributed by atoms with Crippen LogP contribution in [-0.4, -0.2) is 12.6 Å². The van der Waals surface area contributed by atoms with Crippen LogP contribution in [0.5, 0.6) is 0 Å². The van der Waals surface area contributed by atoms with Crippen molar-refractivity contribution in [3.63, 3.8) is 0 Å². The van der Waals surface area contributed by atoms with Gasteiger partial charge in [-0.2, -0.15) is 0 Å². The van der Waals surface area contributed by atoms with Crippen molar-refractivity contribution >= 4 is 5.97 Å². The number of ether oxygens (including phenoxy) is 1. The van der Waals surface area contributed by atoms with E-state index in [1.807, 2.05) is 12.1 Å². The molecule has 96 valence electrons. The van der Waals surface area contributed by atoms with Gasteiger partial charge in [-0.25, -0.2) is 0 Å². The SMILES string of the molecule is CCC(=O)OCC#Cc1ccc(C(C)(C)C)cc1. The molecule has 1 aromatic rings. The number of esters is 1. The third kappa shape index (κ3) is 4.63. The van der Waals surface area contributed by atoms with Gasteiger partial charge in [-0.3, -0.25) is 4.79 Å². The van der Waals surface area contributed by atoms with Crippen molar-refractivity contribution < 1.29 is 9.53 Å². The summed E-state index contributed by atoms with van der Waals surface area (Å²) < 4.78 is 4.88. The molecule has 0 bridgehead atoms. The Labute approximate surface area is 109 Å². The number of benzene rings is 1. The Morgan fingerprint density at radius 1 is 1.22 bits per heavy atom. The van der Waals surface area contributed by atoms with Gasteiger partial charge in [-0.05, 0) is 23.1 Å². The maximum absolute atomic E-state index is 10.9. The first-order valence-corrected chi connectivity index (χ1v) is 6.18. The molecule has 0 aliphatic carbocycles. The van der Waals surface area contributed by atoms with Crippen molar-refractivity contribution in [1.29, 1.82) is 0 Å². The Morgan fingerprint density at radius 2 is 1.83 bits per heavy atom. The molecule has 2 nitrogen and oxygen atoms in total. The summed E-state index contributed by atoms with van der Waals surface area (Å²) in [5, 5.41) is 0. The maximum atomic E-state index is 10.9. The van der Waals surface area contributed by atoms with Crippen LogP contribution >= 0.6 is 0 Å². The summed E-state index contributed by atoms with van der Waals surface area (Å²) in [5.41, 5.74) is 2.38. The number of hydrogen-bond donors (Lipinski definition) is 0. The minimum absolute atomic E-state index is 0.155. The lowest BCUT2D eigenvalue weighted by Crippen LogP contribution is -2.10. The van der Waals surface area contributed by atoms with Gasteiger partial charge in [0.1, 0.15) is 0 Å². The molecule has 18 heavy (non-hydrogen) atoms. The molecule has 0 radical (unpaired) electrons. The molecule has 0 N–H and O–H groups in total. The van der Waals surface area contributed by atoms with Gasteiger partial charge in [-0.15, -0.1) is 0 Å². The summed E-state index contributed by atoms with van der Waals surface area (Å²) in [4.78, 5) is 10.9. The second-order valence-corrected chi connectivity index (χ2v) is 5.14. The molecule has 0 aliphatic rings. The van der Waals surface area contributed by atoms with Crippen LogP contribution < -0.4 is 0 Å². The lowest BCUT2D eigenvalue weighted by Gasteiger charge is -2.18. The molecular weight excluding hydrogens is 224 g/mol. The van der Waals surface area contributed by atoms with E-state index in [4.69, 9.17) is 4.74 Å². The molecular formula is C16H20O2. The third-order valence-electron chi connectivity index (χ3n) is 2.58. The second kappa shape index (κ2) is 6.26. The lowest BCUT2D eigenvalue weighted by atomic mass is 9.87. The fourth-order valence-electron chi connectivity index (χ4n) is 1.41. The van der Waals surface area contributed by atoms with Gasteiger partial charge in [-0.1, -0.05) is 51.7 Å². The van der Waals surface area contributed by atoms with E-state index >= 15 is 0 Å². The van der Waals surface area contributed by atoms with Gasteiger partial charge in [0, 0.05) is 12.0 Å². The van der Waals surface area contributed by atoms with E-state index < -0.39 is 0 Å². The highest BCUT2D eigenvalue weighted by Crippen LogP contribution is 2.21. The third-order valence-corrected chi connectivity index (χ3v) is 2.58. The fourth-order valence-corrected chi connectivity index (χ4v) is 1.41. The Kier molecular flexibility index (Phi) is 4.97. The molecule has 1 aromatic carbocycles. The van der Waals surface area contributed by atoms with E-state index in [1.54, 1.807) is 6.92 Å². The average molecular weight is 244 g/mol. The molecule has 0 saturated carbocycles. The monoisotopic (exact) mass is 244 g/mol. The Morgan fingerprint density at radius 3 is 2.33 bits per heavy atom. The minimum atomic E-state index is -0.215. The van der Waals surface area contributed by atoms with Crippen molar-refractivity contribution in [3.05, 3.63) is 35.4 Å². The Bertz CT molecular complexity index is 453. The molecule has 0 aromatic heterocycles. The van der Waals surface area contributed by atoms with Gasteiger partial charge in [0.2, 0.25) is 0 Å². The van der Waals surface area contributed by atoms with Gasteiger partial charge in [0.15, 0.2) is 6.61 Å². The highest BCUT2D eigenvalue weighted by molar-refractivity contribution is 5.69. The van der Waals surface area contributed by atoms with Crippen molar-refractivity contribution in [3.8, 4) is 11.8 Å². The zero-order valence-electron chi connectivity index (χ0n) is 11.5. The molecule has 0 amide bonds. The quantitative estimate of drug-likeness (QED) is 0.589. The van der Waals surface area contributed by atoms with E-state index in [9.17, 15) is 4.79 Å². The molecule has 1 rings (SSSR count). The van der Waals surface area contributed by atoms with Gasteiger partial charge in [0.05, 0.1) is 0 Å². The van der Waals surface area contributed by atoms with Crippen LogP contribution in [0, 0.1) is 11.8 Å². The summed E-state index contributed by atoms with van der Waals surface area (Å²) in [5.74, 6) is 5.59. The summed E-state index contributed by atoms with van der Waals surface area (Å²) in [6, 6.07) is 8.16. The van der Waals surface area contributed by atoms with Crippen molar-refractivity contribution in [1.82, 2.24) is 0 Å². The van der Waals surface area contributed by atoms with Gasteiger partial charge < -0.3 is 4.74 Å². The average Bonchev–Trinajstić information content (AvgIpc) is 2.33. The molecule has 0 aliphatic heterocycles. The first-order valence-electron chi connectivity index (χ1n) is 6.18. The summed E-state index contributed by atoms with van der Waals surface area (Å²) in [7, 11) is 0. The van der Waals surface area contributed by atoms with Crippen LogP contribution in [0.25, 0.3) is 0 Å². The highest BCUT2D eigenvalue weighted by atomic mass is 16.5. The largest absolute Gasteiger partial charge is 0.452 e. The Hall–Kier alpha value is -1.75. The van der Waals surface area contributed by atoms with Crippen molar-refractivity contribution in [2.24, 2.45) is 0 Å². The van der Waals surface area contributed by atoms with Crippen LogP contribution in [0.2, 0.25) is 0 Å². The first-order chi connectivity index (χ1) is 8.43. The zero-order valence-corrected chi connectivity index (χ0v) is 11.5. The number of carbonyl (C=O) groups excluding carboxylic acids is 1. The van der Waals surface area contributed by atoms with Crippen LogP contribution in [0.4, 0.5) is 0 Å². The molecule has 0 heterocycles. The van der Waals surface area contributed by atoms with Crippen molar-refractivity contribution in [2.45, 2.75) is 39.5 Å². The molecule has 0 unspecified atom stereocenters. The second-order valence-electron chi connectivity index (χ2n) is 5.14. The van der Waals surface area contributed by atoms with E-state index in [2.05, 4.69) is 44.7 Å². The standard InChI is InChI=1S/C16H20O2/c1-5-15(17)18-12-6-7-13-8-10-14(11-9-13)16(2,3)4/h8-11H,5,12H2,1-4H3. The molecule has 0 saturated heterocycles. The highest BCUT2D eigenvalue weighted by Gasteiger charge is 2.12. The molecule has 0 spiro atoms. The smallest absolute Gasteiger partial charge is 0.306 e. The predicted octanol–water partition coefficient (Wildman–Crippen LogP) is 3.29. The maximum Gasteiger partial charge on any atom is 0.306 e. The molecule has 2 heteroatoms. The summed E-state index contributed by atoms with van der Waals surface area (Å²) in [6.07, 6.45) is 0.391. The normalized spacial score (nSPS) is 10.4. The van der Waals surface area contributed by atoms with Crippen LogP contribution in [0.15, 0.2) is 24.3 Å². The topological polar surface area (TPSA) is 26.3 Å². The van der Waals surface area contributed by atoms with Crippen LogP contribution in [0.1, 0.15) is 45.2 Å². The number of hydrogen-bond acceptors (Lipinski definition) is 2. The Balaban J connectivity index is 2.59. The van der Waals surface area contributed by atoms with Gasteiger partial charge in [0.25, 0.3) is 0 Å². The van der Waals surface area contributed by atoms with Crippen LogP contribution in [0.3, 0.4) is 0 Å². The van der Waals surface area contributed by atoms with Crippen molar-refractivity contribution in [2.75, 3.05) is 6.61 Å². The minimum Gasteiger partial charge on any atom is -0.452 e. The molecule has 0 atom stereocenters. The van der Waals surface area contributed by atoms with E-state index in [0.29, 0.717) is 6.42 Å². The zero-order chi connectivity index (χ0) is 13.6. The predicted molar refractivity (Wildman–Crippen MR) is 73.3 cm³/mol. The number of rotatable bonds is 2. The molecule has 0 fully saturated rings.